The summed E-state index contributed by atoms with van der Waals surface area (Å²) in [5, 5.41) is 22.9. The molecule has 0 bridgehead atoms. The van der Waals surface area contributed by atoms with E-state index in [4.69, 9.17) is 10.2 Å². The van der Waals surface area contributed by atoms with Crippen molar-refractivity contribution in [2.45, 2.75) is 43.0 Å². The SMILES string of the molecule is CSC1(CNC(=O)NCC[C@H](O)C(=O)O)CCCC1. The summed E-state index contributed by atoms with van der Waals surface area (Å²) in [4.78, 5) is 21.9. The molecule has 1 fully saturated rings. The first-order valence-corrected chi connectivity index (χ1v) is 7.69. The molecule has 0 spiro atoms. The van der Waals surface area contributed by atoms with E-state index >= 15 is 0 Å². The van der Waals surface area contributed by atoms with E-state index in [1.54, 1.807) is 11.8 Å². The molecule has 4 N–H and O–H groups in total. The maximum absolute atomic E-state index is 11.5. The Bertz CT molecular complexity index is 319. The van der Waals surface area contributed by atoms with Crippen LogP contribution in [0.15, 0.2) is 0 Å². The van der Waals surface area contributed by atoms with Gasteiger partial charge in [0.15, 0.2) is 6.10 Å². The number of carbonyl (C=O) groups excluding carboxylic acids is 1. The highest BCUT2D eigenvalue weighted by Crippen LogP contribution is 2.39. The zero-order chi connectivity index (χ0) is 14.3. The van der Waals surface area contributed by atoms with Crippen LogP contribution in [-0.2, 0) is 4.79 Å². The number of hydrogen-bond acceptors (Lipinski definition) is 4. The molecule has 0 heterocycles. The molecule has 0 radical (unpaired) electrons. The number of hydrogen-bond donors (Lipinski definition) is 4. The number of urea groups is 1. The normalized spacial score (nSPS) is 18.8. The maximum Gasteiger partial charge on any atom is 0.332 e. The number of aliphatic hydroxyl groups is 1. The van der Waals surface area contributed by atoms with Crippen molar-refractivity contribution in [3.05, 3.63) is 0 Å². The van der Waals surface area contributed by atoms with Gasteiger partial charge < -0.3 is 20.8 Å². The van der Waals surface area contributed by atoms with Crippen LogP contribution in [0, 0.1) is 0 Å². The third-order valence-electron chi connectivity index (χ3n) is 3.51. The average Bonchev–Trinajstić information content (AvgIpc) is 2.85. The van der Waals surface area contributed by atoms with Gasteiger partial charge in [-0.15, -0.1) is 0 Å². The van der Waals surface area contributed by atoms with Gasteiger partial charge >= 0.3 is 12.0 Å². The van der Waals surface area contributed by atoms with Crippen molar-refractivity contribution in [1.82, 2.24) is 10.6 Å². The topological polar surface area (TPSA) is 98.7 Å². The van der Waals surface area contributed by atoms with E-state index in [9.17, 15) is 9.59 Å². The summed E-state index contributed by atoms with van der Waals surface area (Å²) in [5.74, 6) is -1.27. The molecule has 2 amide bonds. The number of thioether (sulfide) groups is 1. The number of amides is 2. The molecule has 0 unspecified atom stereocenters. The fourth-order valence-electron chi connectivity index (χ4n) is 2.22. The molecule has 1 rings (SSSR count). The Balaban J connectivity index is 2.19. The largest absolute Gasteiger partial charge is 0.479 e. The number of aliphatic hydroxyl groups excluding tert-OH is 1. The van der Waals surface area contributed by atoms with E-state index < -0.39 is 12.1 Å². The highest BCUT2D eigenvalue weighted by Gasteiger charge is 2.33. The van der Waals surface area contributed by atoms with Crippen LogP contribution >= 0.6 is 11.8 Å². The van der Waals surface area contributed by atoms with Gasteiger partial charge in [0, 0.05) is 24.3 Å². The van der Waals surface area contributed by atoms with Crippen LogP contribution in [-0.4, -0.2) is 52.4 Å². The zero-order valence-corrected chi connectivity index (χ0v) is 12.0. The lowest BCUT2D eigenvalue weighted by molar-refractivity contribution is -0.146. The minimum absolute atomic E-state index is 0.0103. The lowest BCUT2D eigenvalue weighted by Gasteiger charge is -2.26. The Morgan fingerprint density at radius 1 is 1.32 bits per heavy atom. The van der Waals surface area contributed by atoms with Gasteiger partial charge in [-0.1, -0.05) is 12.8 Å². The molecule has 110 valence electrons. The van der Waals surface area contributed by atoms with Crippen LogP contribution in [0.2, 0.25) is 0 Å². The number of carbonyl (C=O) groups is 2. The summed E-state index contributed by atoms with van der Waals surface area (Å²) >= 11 is 1.79. The van der Waals surface area contributed by atoms with Crippen LogP contribution in [0.5, 0.6) is 0 Å². The summed E-state index contributed by atoms with van der Waals surface area (Å²) < 4.78 is 0.151. The average molecular weight is 290 g/mol. The van der Waals surface area contributed by atoms with Crippen molar-refractivity contribution in [1.29, 1.82) is 0 Å². The summed E-state index contributed by atoms with van der Waals surface area (Å²) in [7, 11) is 0. The van der Waals surface area contributed by atoms with E-state index in [2.05, 4.69) is 16.9 Å². The van der Waals surface area contributed by atoms with E-state index in [0.717, 1.165) is 12.8 Å². The van der Waals surface area contributed by atoms with Gasteiger partial charge in [-0.3, -0.25) is 0 Å². The van der Waals surface area contributed by atoms with Crippen molar-refractivity contribution < 1.29 is 19.8 Å². The second-order valence-corrected chi connectivity index (χ2v) is 6.12. The molecule has 1 saturated carbocycles. The van der Waals surface area contributed by atoms with E-state index in [1.165, 1.54) is 12.8 Å². The molecular formula is C12H22N2O4S. The van der Waals surface area contributed by atoms with Gasteiger partial charge in [0.25, 0.3) is 0 Å². The second kappa shape index (κ2) is 7.59. The van der Waals surface area contributed by atoms with Gasteiger partial charge in [0.05, 0.1) is 0 Å². The Morgan fingerprint density at radius 2 is 1.95 bits per heavy atom. The molecule has 0 aromatic carbocycles. The van der Waals surface area contributed by atoms with Crippen molar-refractivity contribution in [2.24, 2.45) is 0 Å². The number of rotatable bonds is 7. The fraction of sp³-hybridized carbons (Fsp3) is 0.833. The maximum atomic E-state index is 11.5. The smallest absolute Gasteiger partial charge is 0.332 e. The van der Waals surface area contributed by atoms with Crippen LogP contribution < -0.4 is 10.6 Å². The number of carboxylic acid groups (broad SMARTS) is 1. The zero-order valence-electron chi connectivity index (χ0n) is 11.1. The molecule has 7 heteroatoms. The fourth-order valence-corrected chi connectivity index (χ4v) is 3.14. The molecule has 19 heavy (non-hydrogen) atoms. The highest BCUT2D eigenvalue weighted by molar-refractivity contribution is 8.00. The predicted molar refractivity (Wildman–Crippen MR) is 74.4 cm³/mol. The van der Waals surface area contributed by atoms with Gasteiger partial charge in [-0.2, -0.15) is 11.8 Å². The summed E-state index contributed by atoms with van der Waals surface area (Å²) in [6.45, 7) is 0.771. The first-order valence-electron chi connectivity index (χ1n) is 6.47. The summed E-state index contributed by atoms with van der Waals surface area (Å²) in [6.07, 6.45) is 5.29. The molecule has 0 aromatic heterocycles. The van der Waals surface area contributed by atoms with Crippen LogP contribution in [0.3, 0.4) is 0 Å². The van der Waals surface area contributed by atoms with Crippen molar-refractivity contribution in [2.75, 3.05) is 19.3 Å². The third kappa shape index (κ3) is 5.28. The van der Waals surface area contributed by atoms with Gasteiger partial charge in [-0.25, -0.2) is 9.59 Å². The molecule has 1 aliphatic rings. The summed E-state index contributed by atoms with van der Waals surface area (Å²) in [5.41, 5.74) is 0. The Labute approximate surface area is 117 Å². The van der Waals surface area contributed by atoms with E-state index in [1.807, 2.05) is 0 Å². The number of nitrogens with one attached hydrogen (secondary N) is 2. The van der Waals surface area contributed by atoms with Crippen LogP contribution in [0.1, 0.15) is 32.1 Å². The first-order chi connectivity index (χ1) is 8.99. The van der Waals surface area contributed by atoms with Crippen molar-refractivity contribution >= 4 is 23.8 Å². The van der Waals surface area contributed by atoms with E-state index in [-0.39, 0.29) is 23.7 Å². The lowest BCUT2D eigenvalue weighted by Crippen LogP contribution is -2.44. The molecule has 1 aliphatic carbocycles. The monoisotopic (exact) mass is 290 g/mol. The Morgan fingerprint density at radius 3 is 2.47 bits per heavy atom. The molecule has 0 aliphatic heterocycles. The van der Waals surface area contributed by atoms with Gasteiger partial charge in [-0.05, 0) is 19.1 Å². The Kier molecular flexibility index (Phi) is 6.44. The van der Waals surface area contributed by atoms with Crippen molar-refractivity contribution in [3.8, 4) is 0 Å². The molecule has 1 atom stereocenters. The molecule has 6 nitrogen and oxygen atoms in total. The molecular weight excluding hydrogens is 268 g/mol. The predicted octanol–water partition coefficient (Wildman–Crippen LogP) is 0.797. The van der Waals surface area contributed by atoms with Crippen LogP contribution in [0.4, 0.5) is 4.79 Å². The summed E-state index contributed by atoms with van der Waals surface area (Å²) in [6, 6.07) is -0.307. The lowest BCUT2D eigenvalue weighted by atomic mass is 10.1. The second-order valence-electron chi connectivity index (χ2n) is 4.85. The van der Waals surface area contributed by atoms with Gasteiger partial charge in [0.2, 0.25) is 0 Å². The first kappa shape index (κ1) is 16.1. The third-order valence-corrected chi connectivity index (χ3v) is 4.93. The van der Waals surface area contributed by atoms with Crippen molar-refractivity contribution in [3.63, 3.8) is 0 Å². The quantitative estimate of drug-likeness (QED) is 0.556. The number of aliphatic carboxylic acids is 1. The van der Waals surface area contributed by atoms with Gasteiger partial charge in [0.1, 0.15) is 0 Å². The molecule has 0 aromatic rings. The van der Waals surface area contributed by atoms with E-state index in [0.29, 0.717) is 6.54 Å². The molecule has 0 saturated heterocycles. The minimum Gasteiger partial charge on any atom is -0.479 e. The van der Waals surface area contributed by atoms with Crippen LogP contribution in [0.25, 0.3) is 0 Å². The number of carboxylic acids is 1. The Hall–Kier alpha value is -0.950. The minimum atomic E-state index is -1.42. The standard InChI is InChI=1S/C12H22N2O4S/c1-19-12(5-2-3-6-12)8-14-11(18)13-7-4-9(15)10(16)17/h9,15H,2-8H2,1H3,(H,16,17)(H2,13,14,18)/t9-/m0/s1. The highest BCUT2D eigenvalue weighted by atomic mass is 32.2.